The van der Waals surface area contributed by atoms with E-state index in [4.69, 9.17) is 4.74 Å². The fraction of sp³-hybridized carbons (Fsp3) is 0.400. The number of hydrogen-bond acceptors (Lipinski definition) is 7. The molecule has 2 N–H and O–H groups in total. The van der Waals surface area contributed by atoms with Crippen LogP contribution in [-0.2, 0) is 4.79 Å². The first-order valence-corrected chi connectivity index (χ1v) is 8.49. The Morgan fingerprint density at radius 2 is 1.88 bits per heavy atom. The molecule has 10 heteroatoms. The first kappa shape index (κ1) is 18.7. The fourth-order valence-electron chi connectivity index (χ4n) is 1.86. The van der Waals surface area contributed by atoms with E-state index in [1.165, 1.54) is 4.68 Å². The third-order valence-electron chi connectivity index (χ3n) is 3.07. The molecule has 1 atom stereocenters. The molecule has 0 radical (unpaired) electrons. The summed E-state index contributed by atoms with van der Waals surface area (Å²) in [5.41, 5.74) is 0.735. The normalized spacial score (nSPS) is 11.9. The second-order valence-electron chi connectivity index (χ2n) is 5.45. The van der Waals surface area contributed by atoms with Gasteiger partial charge in [-0.25, -0.2) is 4.79 Å². The highest BCUT2D eigenvalue weighted by Gasteiger charge is 2.21. The van der Waals surface area contributed by atoms with Gasteiger partial charge in [0.05, 0.1) is 18.0 Å². The minimum atomic E-state index is -0.555. The van der Waals surface area contributed by atoms with Crippen LogP contribution in [0.25, 0.3) is 5.69 Å². The summed E-state index contributed by atoms with van der Waals surface area (Å²) in [6.07, 6.45) is 0. The maximum Gasteiger partial charge on any atom is 0.321 e. The number of carbonyl (C=O) groups is 2. The zero-order valence-electron chi connectivity index (χ0n) is 14.4. The Kier molecular flexibility index (Phi) is 6.34. The topological polar surface area (TPSA) is 111 Å². The minimum absolute atomic E-state index is 0.0573. The molecule has 1 heterocycles. The lowest BCUT2D eigenvalue weighted by atomic mass is 10.3. The Morgan fingerprint density at radius 1 is 1.20 bits per heavy atom. The van der Waals surface area contributed by atoms with Crippen LogP contribution in [0.15, 0.2) is 29.4 Å². The standard InChI is InChI=1S/C15H20N6O3S/c1-9(2)16-14(23)17-13(22)10(3)25-15-18-19-20-21(15)11-5-7-12(24-4)8-6-11/h5-10H,1-4H3,(H2,16,17,22,23)/t10-/m0/s1. The van der Waals surface area contributed by atoms with Gasteiger partial charge in [0, 0.05) is 6.04 Å². The van der Waals surface area contributed by atoms with E-state index in [-0.39, 0.29) is 6.04 Å². The Balaban J connectivity index is 2.04. The lowest BCUT2D eigenvalue weighted by Gasteiger charge is -2.13. The van der Waals surface area contributed by atoms with Crippen molar-refractivity contribution in [2.45, 2.75) is 37.2 Å². The third kappa shape index (κ3) is 5.18. The van der Waals surface area contributed by atoms with Crippen molar-refractivity contribution in [3.63, 3.8) is 0 Å². The number of aromatic nitrogens is 4. The third-order valence-corrected chi connectivity index (χ3v) is 4.10. The van der Waals surface area contributed by atoms with Crippen molar-refractivity contribution >= 4 is 23.7 Å². The molecular formula is C15H20N6O3S. The summed E-state index contributed by atoms with van der Waals surface area (Å²) in [5, 5.41) is 16.3. The number of ether oxygens (including phenoxy) is 1. The predicted octanol–water partition coefficient (Wildman–Crippen LogP) is 1.39. The molecule has 0 fully saturated rings. The SMILES string of the molecule is COc1ccc(-n2nnnc2S[C@@H](C)C(=O)NC(=O)NC(C)C)cc1. The van der Waals surface area contributed by atoms with Crippen LogP contribution < -0.4 is 15.4 Å². The van der Waals surface area contributed by atoms with Crippen molar-refractivity contribution in [3.8, 4) is 11.4 Å². The Bertz CT molecular complexity index is 731. The molecule has 0 saturated heterocycles. The molecule has 0 spiro atoms. The molecule has 0 bridgehead atoms. The quantitative estimate of drug-likeness (QED) is 0.745. The highest BCUT2D eigenvalue weighted by molar-refractivity contribution is 8.00. The van der Waals surface area contributed by atoms with Crippen molar-refractivity contribution in [2.24, 2.45) is 0 Å². The summed E-state index contributed by atoms with van der Waals surface area (Å²) in [5.74, 6) is 0.294. The molecule has 3 amide bonds. The van der Waals surface area contributed by atoms with E-state index in [1.54, 1.807) is 38.3 Å². The molecule has 0 saturated carbocycles. The maximum atomic E-state index is 12.1. The molecule has 2 aromatic rings. The van der Waals surface area contributed by atoms with Crippen LogP contribution in [0, 0.1) is 0 Å². The zero-order chi connectivity index (χ0) is 18.4. The summed E-state index contributed by atoms with van der Waals surface area (Å²) in [6, 6.07) is 6.61. The highest BCUT2D eigenvalue weighted by atomic mass is 32.2. The summed E-state index contributed by atoms with van der Waals surface area (Å²) >= 11 is 1.15. The van der Waals surface area contributed by atoms with Gasteiger partial charge in [-0.3, -0.25) is 10.1 Å². The Hall–Kier alpha value is -2.62. The number of hydrogen-bond donors (Lipinski definition) is 2. The van der Waals surface area contributed by atoms with Crippen LogP contribution in [0.5, 0.6) is 5.75 Å². The molecule has 2 rings (SSSR count). The number of rotatable bonds is 6. The van der Waals surface area contributed by atoms with Crippen molar-refractivity contribution in [1.82, 2.24) is 30.8 Å². The maximum absolute atomic E-state index is 12.1. The van der Waals surface area contributed by atoms with Gasteiger partial charge < -0.3 is 10.1 Å². The first-order valence-electron chi connectivity index (χ1n) is 7.61. The predicted molar refractivity (Wildman–Crippen MR) is 92.8 cm³/mol. The van der Waals surface area contributed by atoms with Crippen LogP contribution >= 0.6 is 11.8 Å². The number of urea groups is 1. The Morgan fingerprint density at radius 3 is 2.48 bits per heavy atom. The number of tetrazole rings is 1. The van der Waals surface area contributed by atoms with Gasteiger partial charge in [0.25, 0.3) is 0 Å². The molecule has 1 aromatic carbocycles. The van der Waals surface area contributed by atoms with Gasteiger partial charge in [0.15, 0.2) is 0 Å². The first-order chi connectivity index (χ1) is 11.9. The lowest BCUT2D eigenvalue weighted by molar-refractivity contribution is -0.119. The van der Waals surface area contributed by atoms with Gasteiger partial charge in [-0.2, -0.15) is 4.68 Å². The monoisotopic (exact) mass is 364 g/mol. The number of thioether (sulfide) groups is 1. The average molecular weight is 364 g/mol. The number of imide groups is 1. The zero-order valence-corrected chi connectivity index (χ0v) is 15.2. The summed E-state index contributed by atoms with van der Waals surface area (Å²) < 4.78 is 6.64. The number of benzene rings is 1. The smallest absolute Gasteiger partial charge is 0.321 e. The van der Waals surface area contributed by atoms with Gasteiger partial charge in [0.1, 0.15) is 5.75 Å². The molecule has 0 unspecified atom stereocenters. The summed E-state index contributed by atoms with van der Waals surface area (Å²) in [4.78, 5) is 23.7. The van der Waals surface area contributed by atoms with E-state index in [0.717, 1.165) is 23.2 Å². The minimum Gasteiger partial charge on any atom is -0.497 e. The number of nitrogens with one attached hydrogen (secondary N) is 2. The van der Waals surface area contributed by atoms with Crippen LogP contribution in [0.2, 0.25) is 0 Å². The van der Waals surface area contributed by atoms with E-state index in [9.17, 15) is 9.59 Å². The van der Waals surface area contributed by atoms with Gasteiger partial charge in [-0.05, 0) is 55.5 Å². The number of amides is 3. The molecule has 0 aliphatic heterocycles. The molecule has 0 aliphatic rings. The van der Waals surface area contributed by atoms with Crippen molar-refractivity contribution in [1.29, 1.82) is 0 Å². The van der Waals surface area contributed by atoms with Crippen LogP contribution in [0.4, 0.5) is 4.79 Å². The largest absolute Gasteiger partial charge is 0.497 e. The number of carbonyl (C=O) groups excluding carboxylic acids is 2. The van der Waals surface area contributed by atoms with Crippen molar-refractivity contribution in [3.05, 3.63) is 24.3 Å². The molecular weight excluding hydrogens is 344 g/mol. The molecule has 9 nitrogen and oxygen atoms in total. The van der Waals surface area contributed by atoms with Gasteiger partial charge in [-0.1, -0.05) is 11.8 Å². The van der Waals surface area contributed by atoms with Gasteiger partial charge in [-0.15, -0.1) is 5.10 Å². The van der Waals surface area contributed by atoms with Crippen LogP contribution in [0.1, 0.15) is 20.8 Å². The van der Waals surface area contributed by atoms with E-state index in [0.29, 0.717) is 5.16 Å². The van der Waals surface area contributed by atoms with E-state index < -0.39 is 17.2 Å². The average Bonchev–Trinajstić information content (AvgIpc) is 3.02. The molecule has 134 valence electrons. The van der Waals surface area contributed by atoms with Crippen LogP contribution in [0.3, 0.4) is 0 Å². The van der Waals surface area contributed by atoms with Crippen molar-refractivity contribution < 1.29 is 14.3 Å². The number of nitrogens with zero attached hydrogens (tertiary/aromatic N) is 4. The van der Waals surface area contributed by atoms with E-state index in [1.807, 2.05) is 13.8 Å². The summed E-state index contributed by atoms with van der Waals surface area (Å²) in [6.45, 7) is 5.30. The second kappa shape index (κ2) is 8.47. The van der Waals surface area contributed by atoms with Crippen molar-refractivity contribution in [2.75, 3.05) is 7.11 Å². The molecule has 1 aromatic heterocycles. The van der Waals surface area contributed by atoms with E-state index >= 15 is 0 Å². The highest BCUT2D eigenvalue weighted by Crippen LogP contribution is 2.23. The Labute approximate surface area is 149 Å². The fourth-order valence-corrected chi connectivity index (χ4v) is 2.67. The van der Waals surface area contributed by atoms with E-state index in [2.05, 4.69) is 26.2 Å². The summed E-state index contributed by atoms with van der Waals surface area (Å²) in [7, 11) is 1.59. The second-order valence-corrected chi connectivity index (χ2v) is 6.76. The molecule has 0 aliphatic carbocycles. The lowest BCUT2D eigenvalue weighted by Crippen LogP contribution is -2.45. The number of methoxy groups -OCH3 is 1. The van der Waals surface area contributed by atoms with Gasteiger partial charge in [0.2, 0.25) is 11.1 Å². The van der Waals surface area contributed by atoms with Gasteiger partial charge >= 0.3 is 6.03 Å². The van der Waals surface area contributed by atoms with Crippen LogP contribution in [-0.4, -0.2) is 50.5 Å². The molecule has 25 heavy (non-hydrogen) atoms.